The molecule has 0 aliphatic rings. The Balaban J connectivity index is 2.04. The SMILES string of the molecule is COC(=O)c1ccc(COc2ccc(/C=N/NC(N)=O)cc2OC)o1. The maximum absolute atomic E-state index is 11.3. The lowest BCUT2D eigenvalue weighted by Crippen LogP contribution is -2.24. The van der Waals surface area contributed by atoms with Gasteiger partial charge in [-0.25, -0.2) is 15.0 Å². The van der Waals surface area contributed by atoms with E-state index in [1.165, 1.54) is 26.5 Å². The topological polar surface area (TPSA) is 125 Å². The molecule has 1 aromatic heterocycles. The second-order valence-electron chi connectivity index (χ2n) is 4.69. The predicted molar refractivity (Wildman–Crippen MR) is 87.7 cm³/mol. The molecule has 1 aromatic carbocycles. The summed E-state index contributed by atoms with van der Waals surface area (Å²) in [6.45, 7) is 0.101. The van der Waals surface area contributed by atoms with E-state index in [0.29, 0.717) is 22.8 Å². The Kier molecular flexibility index (Phi) is 5.99. The van der Waals surface area contributed by atoms with Crippen molar-refractivity contribution in [1.82, 2.24) is 5.43 Å². The molecule has 0 unspecified atom stereocenters. The van der Waals surface area contributed by atoms with E-state index in [2.05, 4.69) is 15.3 Å². The van der Waals surface area contributed by atoms with Gasteiger partial charge in [0.05, 0.1) is 20.4 Å². The molecule has 25 heavy (non-hydrogen) atoms. The Bertz CT molecular complexity index is 784. The van der Waals surface area contributed by atoms with Crippen molar-refractivity contribution in [2.24, 2.45) is 10.8 Å². The van der Waals surface area contributed by atoms with E-state index >= 15 is 0 Å². The van der Waals surface area contributed by atoms with Crippen LogP contribution in [0, 0.1) is 0 Å². The number of urea groups is 1. The second kappa shape index (κ2) is 8.39. The quantitative estimate of drug-likeness (QED) is 0.446. The van der Waals surface area contributed by atoms with Crippen LogP contribution in [0.25, 0.3) is 0 Å². The average Bonchev–Trinajstić information content (AvgIpc) is 3.08. The standard InChI is InChI=1S/C16H17N3O6/c1-22-14-7-10(8-18-19-16(17)21)3-5-12(14)24-9-11-4-6-13(25-11)15(20)23-2/h3-8H,9H2,1-2H3,(H3,17,19,21)/b18-8+. The maximum atomic E-state index is 11.3. The summed E-state index contributed by atoms with van der Waals surface area (Å²) in [5.41, 5.74) is 7.68. The number of carbonyl (C=O) groups excluding carboxylic acids is 2. The molecule has 132 valence electrons. The fourth-order valence-corrected chi connectivity index (χ4v) is 1.87. The molecular weight excluding hydrogens is 330 g/mol. The molecule has 0 spiro atoms. The van der Waals surface area contributed by atoms with Crippen LogP contribution in [0.3, 0.4) is 0 Å². The summed E-state index contributed by atoms with van der Waals surface area (Å²) in [6.07, 6.45) is 1.41. The Morgan fingerprint density at radius 2 is 2.04 bits per heavy atom. The van der Waals surface area contributed by atoms with Crippen molar-refractivity contribution in [3.8, 4) is 11.5 Å². The number of nitrogens with two attached hydrogens (primary N) is 1. The predicted octanol–water partition coefficient (Wildman–Crippen LogP) is 1.66. The molecule has 9 nitrogen and oxygen atoms in total. The molecule has 2 aromatic rings. The number of rotatable bonds is 7. The Morgan fingerprint density at radius 1 is 1.24 bits per heavy atom. The van der Waals surface area contributed by atoms with Gasteiger partial charge in [-0.05, 0) is 35.9 Å². The van der Waals surface area contributed by atoms with Gasteiger partial charge in [0, 0.05) is 0 Å². The fraction of sp³-hybridized carbons (Fsp3) is 0.188. The third-order valence-electron chi connectivity index (χ3n) is 2.99. The number of hydrogen-bond acceptors (Lipinski definition) is 7. The minimum absolute atomic E-state index is 0.0987. The summed E-state index contributed by atoms with van der Waals surface area (Å²) >= 11 is 0. The number of primary amides is 1. The van der Waals surface area contributed by atoms with Gasteiger partial charge < -0.3 is 24.4 Å². The fourth-order valence-electron chi connectivity index (χ4n) is 1.87. The Morgan fingerprint density at radius 3 is 2.72 bits per heavy atom. The van der Waals surface area contributed by atoms with Crippen LogP contribution in [0.15, 0.2) is 39.9 Å². The van der Waals surface area contributed by atoms with Gasteiger partial charge in [-0.2, -0.15) is 5.10 Å². The first-order valence-corrected chi connectivity index (χ1v) is 7.10. The third kappa shape index (κ3) is 4.99. The number of ether oxygens (including phenoxy) is 3. The highest BCUT2D eigenvalue weighted by Gasteiger charge is 2.12. The Labute approximate surface area is 143 Å². The summed E-state index contributed by atoms with van der Waals surface area (Å²) in [7, 11) is 2.77. The highest BCUT2D eigenvalue weighted by Crippen LogP contribution is 2.28. The zero-order valence-corrected chi connectivity index (χ0v) is 13.6. The van der Waals surface area contributed by atoms with Crippen LogP contribution in [0.1, 0.15) is 21.9 Å². The summed E-state index contributed by atoms with van der Waals surface area (Å²) in [4.78, 5) is 21.9. The number of carbonyl (C=O) groups is 2. The van der Waals surface area contributed by atoms with Crippen LogP contribution < -0.4 is 20.6 Å². The molecule has 1 heterocycles. The van der Waals surface area contributed by atoms with E-state index in [-0.39, 0.29) is 12.4 Å². The zero-order valence-electron chi connectivity index (χ0n) is 13.6. The monoisotopic (exact) mass is 347 g/mol. The van der Waals surface area contributed by atoms with Crippen LogP contribution >= 0.6 is 0 Å². The third-order valence-corrected chi connectivity index (χ3v) is 2.99. The van der Waals surface area contributed by atoms with Crippen molar-refractivity contribution in [2.75, 3.05) is 14.2 Å². The molecule has 0 atom stereocenters. The lowest BCUT2D eigenvalue weighted by molar-refractivity contribution is 0.0561. The number of hydrogen-bond donors (Lipinski definition) is 2. The maximum Gasteiger partial charge on any atom is 0.373 e. The van der Waals surface area contributed by atoms with Gasteiger partial charge in [0.1, 0.15) is 12.4 Å². The van der Waals surface area contributed by atoms with E-state index in [1.54, 1.807) is 24.3 Å². The molecule has 0 bridgehead atoms. The van der Waals surface area contributed by atoms with Gasteiger partial charge >= 0.3 is 12.0 Å². The van der Waals surface area contributed by atoms with Gasteiger partial charge in [0.2, 0.25) is 5.76 Å². The number of furan rings is 1. The zero-order chi connectivity index (χ0) is 18.2. The summed E-state index contributed by atoms with van der Waals surface area (Å²) in [6, 6.07) is 7.43. The normalized spacial score (nSPS) is 10.5. The number of nitrogens with zero attached hydrogens (tertiary/aromatic N) is 1. The number of methoxy groups -OCH3 is 2. The van der Waals surface area contributed by atoms with E-state index in [0.717, 1.165) is 0 Å². The minimum atomic E-state index is -0.757. The molecular formula is C16H17N3O6. The molecule has 9 heteroatoms. The largest absolute Gasteiger partial charge is 0.493 e. The van der Waals surface area contributed by atoms with Crippen LogP contribution in [0.5, 0.6) is 11.5 Å². The van der Waals surface area contributed by atoms with Gasteiger partial charge in [0.15, 0.2) is 11.5 Å². The lowest BCUT2D eigenvalue weighted by Gasteiger charge is -2.10. The van der Waals surface area contributed by atoms with Crippen LogP contribution in [-0.4, -0.2) is 32.4 Å². The average molecular weight is 347 g/mol. The second-order valence-corrected chi connectivity index (χ2v) is 4.69. The first kappa shape index (κ1) is 17.9. The summed E-state index contributed by atoms with van der Waals surface area (Å²) in [5.74, 6) is 0.929. The molecule has 2 rings (SSSR count). The van der Waals surface area contributed by atoms with E-state index in [9.17, 15) is 9.59 Å². The number of esters is 1. The van der Waals surface area contributed by atoms with Crippen molar-refractivity contribution in [1.29, 1.82) is 0 Å². The van der Waals surface area contributed by atoms with E-state index in [4.69, 9.17) is 19.6 Å². The van der Waals surface area contributed by atoms with Crippen LogP contribution in [0.2, 0.25) is 0 Å². The molecule has 0 aliphatic heterocycles. The number of amides is 2. The summed E-state index contributed by atoms with van der Waals surface area (Å²) in [5, 5.41) is 3.66. The molecule has 0 aliphatic carbocycles. The lowest BCUT2D eigenvalue weighted by atomic mass is 10.2. The van der Waals surface area contributed by atoms with Crippen molar-refractivity contribution < 1.29 is 28.2 Å². The molecule has 3 N–H and O–H groups in total. The Hall–Kier alpha value is -3.49. The van der Waals surface area contributed by atoms with Crippen molar-refractivity contribution in [2.45, 2.75) is 6.61 Å². The van der Waals surface area contributed by atoms with Crippen LogP contribution in [-0.2, 0) is 11.3 Å². The van der Waals surface area contributed by atoms with Crippen molar-refractivity contribution in [3.05, 3.63) is 47.4 Å². The summed E-state index contributed by atoms with van der Waals surface area (Å²) < 4.78 is 20.8. The van der Waals surface area contributed by atoms with Gasteiger partial charge in [0.25, 0.3) is 0 Å². The van der Waals surface area contributed by atoms with E-state index < -0.39 is 12.0 Å². The highest BCUT2D eigenvalue weighted by atomic mass is 16.5. The first-order valence-electron chi connectivity index (χ1n) is 7.10. The van der Waals surface area contributed by atoms with Crippen molar-refractivity contribution in [3.63, 3.8) is 0 Å². The van der Waals surface area contributed by atoms with Crippen LogP contribution in [0.4, 0.5) is 4.79 Å². The molecule has 2 amide bonds. The molecule has 0 saturated heterocycles. The van der Waals surface area contributed by atoms with Gasteiger partial charge in [-0.1, -0.05) is 0 Å². The van der Waals surface area contributed by atoms with Gasteiger partial charge in [-0.3, -0.25) is 0 Å². The van der Waals surface area contributed by atoms with E-state index in [1.807, 2.05) is 0 Å². The molecule has 0 saturated carbocycles. The highest BCUT2D eigenvalue weighted by molar-refractivity contribution is 5.86. The first-order chi connectivity index (χ1) is 12.0. The van der Waals surface area contributed by atoms with Gasteiger partial charge in [-0.15, -0.1) is 0 Å². The number of hydrazone groups is 1. The van der Waals surface area contributed by atoms with Crippen molar-refractivity contribution >= 4 is 18.2 Å². The molecule has 0 fully saturated rings. The molecule has 0 radical (unpaired) electrons. The number of nitrogens with one attached hydrogen (secondary N) is 1. The minimum Gasteiger partial charge on any atom is -0.493 e. The number of benzene rings is 1. The smallest absolute Gasteiger partial charge is 0.373 e.